The van der Waals surface area contributed by atoms with Crippen LogP contribution < -0.4 is 10.6 Å². The van der Waals surface area contributed by atoms with Crippen LogP contribution in [0.25, 0.3) is 0 Å². The van der Waals surface area contributed by atoms with E-state index in [0.29, 0.717) is 18.1 Å². The molecule has 198 valence electrons. The first-order valence-corrected chi connectivity index (χ1v) is 13.0. The van der Waals surface area contributed by atoms with Gasteiger partial charge in [0.1, 0.15) is 12.0 Å². The van der Waals surface area contributed by atoms with Gasteiger partial charge in [-0.1, -0.05) is 48.5 Å². The Bertz CT molecular complexity index is 1230. The number of aromatic nitrogens is 3. The van der Waals surface area contributed by atoms with Crippen molar-refractivity contribution in [2.45, 2.75) is 69.7 Å². The molecule has 7 nitrogen and oxygen atoms in total. The molecular weight excluding hydrogens is 476 g/mol. The van der Waals surface area contributed by atoms with Gasteiger partial charge in [-0.15, -0.1) is 5.10 Å². The number of hydrogen-bond acceptors (Lipinski definition) is 5. The van der Waals surface area contributed by atoms with Crippen molar-refractivity contribution in [3.63, 3.8) is 0 Å². The Morgan fingerprint density at radius 2 is 1.73 bits per heavy atom. The average molecular weight is 512 g/mol. The van der Waals surface area contributed by atoms with Crippen LogP contribution in [0.5, 0.6) is 0 Å². The summed E-state index contributed by atoms with van der Waals surface area (Å²) in [6.45, 7) is 1.05. The zero-order valence-electron chi connectivity index (χ0n) is 21.5. The number of anilines is 1. The van der Waals surface area contributed by atoms with Crippen molar-refractivity contribution < 1.29 is 13.5 Å². The summed E-state index contributed by atoms with van der Waals surface area (Å²) >= 11 is 0. The third-order valence-corrected chi connectivity index (χ3v) is 7.68. The van der Waals surface area contributed by atoms with E-state index in [2.05, 4.69) is 10.00 Å². The lowest BCUT2D eigenvalue weighted by Crippen LogP contribution is -2.48. The predicted octanol–water partition coefficient (Wildman–Crippen LogP) is 3.91. The van der Waals surface area contributed by atoms with Crippen molar-refractivity contribution in [2.24, 2.45) is 7.05 Å². The predicted molar refractivity (Wildman–Crippen MR) is 139 cm³/mol. The summed E-state index contributed by atoms with van der Waals surface area (Å²) in [7, 11) is 3.55. The number of nitrogens with zero attached hydrogens (tertiary/aromatic N) is 5. The highest BCUT2D eigenvalue weighted by molar-refractivity contribution is 5.31. The molecule has 2 aliphatic rings. The van der Waals surface area contributed by atoms with E-state index in [1.807, 2.05) is 48.3 Å². The molecule has 3 aromatic rings. The summed E-state index contributed by atoms with van der Waals surface area (Å²) in [5.41, 5.74) is 1.35. The molecule has 0 saturated carbocycles. The van der Waals surface area contributed by atoms with Crippen molar-refractivity contribution >= 4 is 5.95 Å². The number of hydrogen-bond donors (Lipinski definition) is 0. The van der Waals surface area contributed by atoms with Crippen LogP contribution in [0.15, 0.2) is 59.4 Å². The number of alkyl halides is 1. The van der Waals surface area contributed by atoms with Crippen LogP contribution in [0, 0.1) is 5.82 Å². The minimum absolute atomic E-state index is 0.0486. The quantitative estimate of drug-likeness (QED) is 0.413. The lowest BCUT2D eigenvalue weighted by molar-refractivity contribution is -0.0349. The van der Waals surface area contributed by atoms with E-state index in [4.69, 9.17) is 4.74 Å². The van der Waals surface area contributed by atoms with Gasteiger partial charge in [-0.05, 0) is 37.3 Å². The topological polar surface area (TPSA) is 55.5 Å². The first-order chi connectivity index (χ1) is 17.9. The molecule has 0 radical (unpaired) electrons. The zero-order valence-corrected chi connectivity index (χ0v) is 21.5. The number of rotatable bonds is 10. The first kappa shape index (κ1) is 25.6. The number of piperidine rings is 1. The molecule has 0 amide bonds. The molecule has 3 unspecified atom stereocenters. The number of fused-ring (bicyclic) bond motifs is 2. The van der Waals surface area contributed by atoms with E-state index in [0.717, 1.165) is 31.2 Å². The van der Waals surface area contributed by atoms with Crippen molar-refractivity contribution in [3.8, 4) is 0 Å². The van der Waals surface area contributed by atoms with Crippen LogP contribution in [0.1, 0.15) is 36.8 Å². The van der Waals surface area contributed by atoms with E-state index in [-0.39, 0.29) is 49.4 Å². The summed E-state index contributed by atoms with van der Waals surface area (Å²) in [6.07, 6.45) is 2.49. The maximum absolute atomic E-state index is 15.3. The molecule has 1 aromatic heterocycles. The van der Waals surface area contributed by atoms with E-state index < -0.39 is 6.17 Å². The molecule has 2 bridgehead atoms. The van der Waals surface area contributed by atoms with Crippen LogP contribution in [0.4, 0.5) is 14.7 Å². The normalized spacial score (nSPS) is 22.3. The number of benzene rings is 2. The van der Waals surface area contributed by atoms with E-state index in [9.17, 15) is 9.18 Å². The Kier molecular flexibility index (Phi) is 7.71. The Labute approximate surface area is 216 Å². The maximum atomic E-state index is 15.3. The first-order valence-electron chi connectivity index (χ1n) is 13.0. The molecule has 0 N–H and O–H groups in total. The standard InChI is InChI=1S/C28H35F2N5O2/c1-32(16-20-8-4-3-5-9-20)27-31-35(28(36)33(27)2)18-22(29)17-34-23-12-13-24(34)15-25(14-23)37-19-21-10-6-7-11-26(21)30/h3-11,22-25H,12-19H2,1-2H3. The van der Waals surface area contributed by atoms with Gasteiger partial charge >= 0.3 is 5.69 Å². The highest BCUT2D eigenvalue weighted by atomic mass is 19.1. The molecule has 0 aliphatic carbocycles. The van der Waals surface area contributed by atoms with Crippen LogP contribution in [-0.2, 0) is 31.5 Å². The molecule has 2 fully saturated rings. The van der Waals surface area contributed by atoms with Gasteiger partial charge in [0.2, 0.25) is 5.95 Å². The Hall–Kier alpha value is -3.04. The summed E-state index contributed by atoms with van der Waals surface area (Å²) in [6, 6.07) is 17.1. The monoisotopic (exact) mass is 511 g/mol. The molecule has 9 heteroatoms. The van der Waals surface area contributed by atoms with Crippen molar-refractivity contribution in [3.05, 3.63) is 82.0 Å². The molecule has 0 spiro atoms. The Balaban J connectivity index is 1.16. The summed E-state index contributed by atoms with van der Waals surface area (Å²) in [4.78, 5) is 16.9. The summed E-state index contributed by atoms with van der Waals surface area (Å²) in [5.74, 6) is 0.260. The molecule has 3 atom stereocenters. The smallest absolute Gasteiger partial charge is 0.347 e. The third-order valence-electron chi connectivity index (χ3n) is 7.68. The van der Waals surface area contributed by atoms with Crippen molar-refractivity contribution in [1.82, 2.24) is 19.2 Å². The van der Waals surface area contributed by atoms with Gasteiger partial charge in [0, 0.05) is 44.8 Å². The van der Waals surface area contributed by atoms with Gasteiger partial charge in [-0.3, -0.25) is 9.47 Å². The molecular formula is C28H35F2N5O2. The van der Waals surface area contributed by atoms with Crippen LogP contribution in [-0.4, -0.2) is 57.2 Å². The second-order valence-corrected chi connectivity index (χ2v) is 10.3. The lowest BCUT2D eigenvalue weighted by atomic mass is 9.99. The average Bonchev–Trinajstić information content (AvgIpc) is 3.28. The van der Waals surface area contributed by atoms with Gasteiger partial charge in [0.25, 0.3) is 0 Å². The minimum Gasteiger partial charge on any atom is -0.373 e. The second kappa shape index (κ2) is 11.1. The highest BCUT2D eigenvalue weighted by Crippen LogP contribution is 2.37. The lowest BCUT2D eigenvalue weighted by Gasteiger charge is -2.39. The summed E-state index contributed by atoms with van der Waals surface area (Å²) in [5, 5.41) is 4.45. The second-order valence-electron chi connectivity index (χ2n) is 10.3. The van der Waals surface area contributed by atoms with Crippen molar-refractivity contribution in [2.75, 3.05) is 18.5 Å². The van der Waals surface area contributed by atoms with Crippen LogP contribution in [0.2, 0.25) is 0 Å². The van der Waals surface area contributed by atoms with Crippen LogP contribution >= 0.6 is 0 Å². The van der Waals surface area contributed by atoms with Gasteiger partial charge in [-0.25, -0.2) is 18.3 Å². The van der Waals surface area contributed by atoms with Gasteiger partial charge in [0.15, 0.2) is 0 Å². The fourth-order valence-electron chi connectivity index (χ4n) is 5.81. The maximum Gasteiger partial charge on any atom is 0.347 e. The third kappa shape index (κ3) is 5.78. The van der Waals surface area contributed by atoms with Gasteiger partial charge in [0.05, 0.1) is 19.3 Å². The van der Waals surface area contributed by atoms with E-state index in [1.165, 1.54) is 15.3 Å². The SMILES string of the molecule is CN(Cc1ccccc1)c1nn(CC(F)CN2C3CCC2CC(OCc2ccccc2F)C3)c(=O)n1C. The summed E-state index contributed by atoms with van der Waals surface area (Å²) < 4.78 is 38.0. The molecule has 2 aromatic carbocycles. The van der Waals surface area contributed by atoms with Crippen molar-refractivity contribution in [1.29, 1.82) is 0 Å². The van der Waals surface area contributed by atoms with Crippen LogP contribution in [0.3, 0.4) is 0 Å². The molecule has 2 aliphatic heterocycles. The van der Waals surface area contributed by atoms with E-state index >= 15 is 4.39 Å². The number of halogens is 2. The fraction of sp³-hybridized carbons (Fsp3) is 0.500. The molecule has 37 heavy (non-hydrogen) atoms. The Morgan fingerprint density at radius 1 is 1.05 bits per heavy atom. The molecule has 2 saturated heterocycles. The van der Waals surface area contributed by atoms with Gasteiger partial charge in [-0.2, -0.15) is 0 Å². The highest BCUT2D eigenvalue weighted by Gasteiger charge is 2.42. The van der Waals surface area contributed by atoms with Gasteiger partial charge < -0.3 is 9.64 Å². The van der Waals surface area contributed by atoms with E-state index in [1.54, 1.807) is 19.2 Å². The Morgan fingerprint density at radius 3 is 2.43 bits per heavy atom. The molecule has 5 rings (SSSR count). The number of ether oxygens (including phenoxy) is 1. The largest absolute Gasteiger partial charge is 0.373 e. The fourth-order valence-corrected chi connectivity index (χ4v) is 5.81. The zero-order chi connectivity index (χ0) is 25.9. The molecule has 3 heterocycles. The minimum atomic E-state index is -1.21.